The molecule has 5 heteroatoms. The van der Waals surface area contributed by atoms with Crippen LogP contribution in [0.3, 0.4) is 0 Å². The van der Waals surface area contributed by atoms with E-state index in [1.807, 2.05) is 54.9 Å². The Labute approximate surface area is 187 Å². The molecule has 1 heterocycles. The van der Waals surface area contributed by atoms with Crippen molar-refractivity contribution in [2.75, 3.05) is 0 Å². The smallest absolute Gasteiger partial charge is 0.349 e. The van der Waals surface area contributed by atoms with Gasteiger partial charge in [0.25, 0.3) is 0 Å². The molecule has 0 saturated carbocycles. The fraction of sp³-hybridized carbons (Fsp3) is 0.111. The largest absolute Gasteiger partial charge is 0.478 e. The molecule has 0 aliphatic rings. The Balaban J connectivity index is 1.50. The van der Waals surface area contributed by atoms with E-state index in [9.17, 15) is 9.90 Å². The van der Waals surface area contributed by atoms with Crippen molar-refractivity contribution in [3.63, 3.8) is 0 Å². The lowest BCUT2D eigenvalue weighted by molar-refractivity contribution is -0.142. The van der Waals surface area contributed by atoms with Gasteiger partial charge in [-0.3, -0.25) is 4.68 Å². The molecule has 1 unspecified atom stereocenters. The van der Waals surface area contributed by atoms with Gasteiger partial charge in [-0.25, -0.2) is 4.79 Å². The van der Waals surface area contributed by atoms with Gasteiger partial charge in [0.15, 0.2) is 0 Å². The summed E-state index contributed by atoms with van der Waals surface area (Å²) in [7, 11) is 0. The number of carboxylic acids is 1. The first-order valence-corrected chi connectivity index (χ1v) is 10.4. The van der Waals surface area contributed by atoms with E-state index >= 15 is 0 Å². The van der Waals surface area contributed by atoms with Crippen LogP contribution < -0.4 is 4.74 Å². The predicted octanol–water partition coefficient (Wildman–Crippen LogP) is 5.15. The summed E-state index contributed by atoms with van der Waals surface area (Å²) in [6.45, 7) is 0.443. The molecule has 0 spiro atoms. The Morgan fingerprint density at radius 3 is 2.00 bits per heavy atom. The van der Waals surface area contributed by atoms with Gasteiger partial charge in [-0.05, 0) is 29.3 Å². The summed E-state index contributed by atoms with van der Waals surface area (Å²) >= 11 is 0. The molecule has 0 bridgehead atoms. The Bertz CT molecular complexity index is 1120. The number of hydrogen-bond donors (Lipinski definition) is 1. The maximum atomic E-state index is 11.6. The predicted molar refractivity (Wildman–Crippen MR) is 124 cm³/mol. The van der Waals surface area contributed by atoms with Crippen LogP contribution in [-0.2, 0) is 11.3 Å². The normalized spacial score (nSPS) is 12.2. The van der Waals surface area contributed by atoms with Crippen LogP contribution in [0.1, 0.15) is 22.6 Å². The van der Waals surface area contributed by atoms with Gasteiger partial charge in [0.05, 0.1) is 12.7 Å². The summed E-state index contributed by atoms with van der Waals surface area (Å²) in [5.74, 6) is -0.456. The maximum absolute atomic E-state index is 11.6. The molecule has 4 rings (SSSR count). The summed E-state index contributed by atoms with van der Waals surface area (Å²) in [4.78, 5) is 11.6. The van der Waals surface area contributed by atoms with Crippen LogP contribution in [0, 0.1) is 0 Å². The highest BCUT2D eigenvalue weighted by molar-refractivity contribution is 5.75. The van der Waals surface area contributed by atoms with E-state index in [0.717, 1.165) is 5.56 Å². The molecule has 3 aromatic carbocycles. The number of carboxylic acid groups (broad SMARTS) is 1. The van der Waals surface area contributed by atoms with Crippen molar-refractivity contribution in [2.45, 2.75) is 18.6 Å². The quantitative estimate of drug-likeness (QED) is 0.377. The van der Waals surface area contributed by atoms with E-state index in [0.29, 0.717) is 12.3 Å². The highest BCUT2D eigenvalue weighted by atomic mass is 16.5. The maximum Gasteiger partial charge on any atom is 0.349 e. The molecule has 5 nitrogen and oxygen atoms in total. The van der Waals surface area contributed by atoms with E-state index in [4.69, 9.17) is 4.74 Å². The zero-order valence-corrected chi connectivity index (χ0v) is 17.5. The third-order valence-electron chi connectivity index (χ3n) is 5.11. The third kappa shape index (κ3) is 5.32. The molecular weight excluding hydrogens is 400 g/mol. The molecule has 0 amide bonds. The molecule has 1 N–H and O–H groups in total. The van der Waals surface area contributed by atoms with E-state index in [1.165, 1.54) is 11.1 Å². The van der Waals surface area contributed by atoms with Crippen molar-refractivity contribution in [3.05, 3.63) is 132 Å². The summed E-state index contributed by atoms with van der Waals surface area (Å²) < 4.78 is 7.35. The minimum absolute atomic E-state index is 0.0725. The fourth-order valence-corrected chi connectivity index (χ4v) is 3.61. The number of hydrogen-bond acceptors (Lipinski definition) is 3. The van der Waals surface area contributed by atoms with Gasteiger partial charge >= 0.3 is 5.97 Å². The number of ether oxygens (including phenoxy) is 1. The van der Waals surface area contributed by atoms with Crippen molar-refractivity contribution in [3.8, 4) is 5.75 Å². The van der Waals surface area contributed by atoms with Gasteiger partial charge in [0.1, 0.15) is 5.75 Å². The molecule has 32 heavy (non-hydrogen) atoms. The molecule has 0 fully saturated rings. The van der Waals surface area contributed by atoms with Crippen LogP contribution in [0.5, 0.6) is 5.75 Å². The van der Waals surface area contributed by atoms with Crippen molar-refractivity contribution in [1.29, 1.82) is 0 Å². The molecule has 4 aromatic rings. The molecule has 0 saturated heterocycles. The van der Waals surface area contributed by atoms with E-state index < -0.39 is 12.1 Å². The second-order valence-corrected chi connectivity index (χ2v) is 7.37. The topological polar surface area (TPSA) is 64.3 Å². The number of carbonyl (C=O) groups is 1. The van der Waals surface area contributed by atoms with E-state index in [2.05, 4.69) is 29.4 Å². The van der Waals surface area contributed by atoms with E-state index in [1.54, 1.807) is 41.1 Å². The lowest BCUT2D eigenvalue weighted by atomic mass is 9.87. The van der Waals surface area contributed by atoms with Crippen molar-refractivity contribution in [2.24, 2.45) is 0 Å². The molecule has 1 aromatic heterocycles. The van der Waals surface area contributed by atoms with Gasteiger partial charge in [0.2, 0.25) is 6.10 Å². The Kier molecular flexibility index (Phi) is 6.78. The van der Waals surface area contributed by atoms with Crippen LogP contribution in [0.25, 0.3) is 0 Å². The molecule has 1 atom stereocenters. The standard InChI is InChI=1S/C27H24N2O3/c30-27(31)25(32-24-15-8-3-9-16-24)17-10-18-29-20-23(19-28-29)26(21-11-4-1-5-12-21)22-13-6-2-7-14-22/h1-17,19-20,25-26H,18H2,(H,30,31). The average molecular weight is 425 g/mol. The number of nitrogens with zero attached hydrogens (tertiary/aromatic N) is 2. The lowest BCUT2D eigenvalue weighted by Gasteiger charge is -2.16. The van der Waals surface area contributed by atoms with Crippen LogP contribution in [0.15, 0.2) is 116 Å². The van der Waals surface area contributed by atoms with Crippen molar-refractivity contribution >= 4 is 5.97 Å². The number of benzene rings is 3. The minimum Gasteiger partial charge on any atom is -0.478 e. The second kappa shape index (κ2) is 10.3. The number of aliphatic carboxylic acids is 1. The summed E-state index contributed by atoms with van der Waals surface area (Å²) in [5, 5.41) is 14.0. The van der Waals surface area contributed by atoms with Gasteiger partial charge < -0.3 is 9.84 Å². The number of para-hydroxylation sites is 1. The van der Waals surface area contributed by atoms with Crippen LogP contribution >= 0.6 is 0 Å². The zero-order valence-electron chi connectivity index (χ0n) is 17.5. The summed E-state index contributed by atoms with van der Waals surface area (Å²) in [6.07, 6.45) is 6.12. The summed E-state index contributed by atoms with van der Waals surface area (Å²) in [5.41, 5.74) is 3.46. The Morgan fingerprint density at radius 2 is 1.44 bits per heavy atom. The highest BCUT2D eigenvalue weighted by Crippen LogP contribution is 2.31. The van der Waals surface area contributed by atoms with Gasteiger partial charge in [-0.1, -0.05) is 84.9 Å². The van der Waals surface area contributed by atoms with Crippen LogP contribution in [0.2, 0.25) is 0 Å². The van der Waals surface area contributed by atoms with Crippen LogP contribution in [0.4, 0.5) is 0 Å². The zero-order chi connectivity index (χ0) is 22.2. The van der Waals surface area contributed by atoms with Crippen molar-refractivity contribution in [1.82, 2.24) is 9.78 Å². The molecule has 0 radical (unpaired) electrons. The monoisotopic (exact) mass is 424 g/mol. The molecular formula is C27H24N2O3. The Hall–Kier alpha value is -4.12. The molecule has 0 aliphatic carbocycles. The first kappa shape index (κ1) is 21.1. The van der Waals surface area contributed by atoms with Gasteiger partial charge in [-0.2, -0.15) is 5.10 Å². The summed E-state index contributed by atoms with van der Waals surface area (Å²) in [6, 6.07) is 29.6. The number of rotatable bonds is 9. The first-order valence-electron chi connectivity index (χ1n) is 10.4. The van der Waals surface area contributed by atoms with Gasteiger partial charge in [0, 0.05) is 17.7 Å². The molecule has 0 aliphatic heterocycles. The number of aromatic nitrogens is 2. The highest BCUT2D eigenvalue weighted by Gasteiger charge is 2.18. The SMILES string of the molecule is O=C(O)C(C=CCn1cc(C(c2ccccc2)c2ccccc2)cn1)Oc1ccccc1. The third-order valence-corrected chi connectivity index (χ3v) is 5.11. The van der Waals surface area contributed by atoms with E-state index in [-0.39, 0.29) is 5.92 Å². The first-order chi connectivity index (χ1) is 15.7. The number of allylic oxidation sites excluding steroid dienone is 1. The second-order valence-electron chi connectivity index (χ2n) is 7.37. The Morgan fingerprint density at radius 1 is 0.875 bits per heavy atom. The lowest BCUT2D eigenvalue weighted by Crippen LogP contribution is -2.24. The fourth-order valence-electron chi connectivity index (χ4n) is 3.61. The average Bonchev–Trinajstić information content (AvgIpc) is 3.29. The minimum atomic E-state index is -1.06. The molecule has 160 valence electrons. The van der Waals surface area contributed by atoms with Crippen LogP contribution in [-0.4, -0.2) is 27.0 Å². The van der Waals surface area contributed by atoms with Gasteiger partial charge in [-0.15, -0.1) is 0 Å². The van der Waals surface area contributed by atoms with Crippen molar-refractivity contribution < 1.29 is 14.6 Å².